The minimum absolute atomic E-state index is 0.175. The molecule has 5 rings (SSSR count). The summed E-state index contributed by atoms with van der Waals surface area (Å²) in [5.41, 5.74) is 5.58. The molecule has 2 aromatic heterocycles. The Morgan fingerprint density at radius 3 is 2.59 bits per heavy atom. The highest BCUT2D eigenvalue weighted by atomic mass is 32.2. The maximum Gasteiger partial charge on any atom is 0.337 e. The third-order valence-corrected chi connectivity index (χ3v) is 6.65. The predicted octanol–water partition coefficient (Wildman–Crippen LogP) is 3.40. The summed E-state index contributed by atoms with van der Waals surface area (Å²) < 4.78 is 11.9. The number of fused-ring (bicyclic) bond motifs is 1. The molecule has 9 nitrogen and oxygen atoms in total. The van der Waals surface area contributed by atoms with E-state index in [4.69, 9.17) is 9.15 Å². The van der Waals surface area contributed by atoms with Crippen molar-refractivity contribution in [1.82, 2.24) is 20.2 Å². The van der Waals surface area contributed by atoms with E-state index in [1.54, 1.807) is 35.2 Å². The number of esters is 1. The fourth-order valence-corrected chi connectivity index (χ4v) is 4.82. The molecule has 0 saturated carbocycles. The molecule has 1 aliphatic heterocycles. The van der Waals surface area contributed by atoms with Gasteiger partial charge in [-0.2, -0.15) is 0 Å². The van der Waals surface area contributed by atoms with E-state index in [1.165, 1.54) is 18.9 Å². The van der Waals surface area contributed by atoms with Gasteiger partial charge >= 0.3 is 5.97 Å². The third kappa shape index (κ3) is 4.27. The highest BCUT2D eigenvalue weighted by Gasteiger charge is 2.38. The minimum Gasteiger partial charge on any atom is -0.467 e. The zero-order valence-electron chi connectivity index (χ0n) is 18.2. The normalized spacial score (nSPS) is 16.9. The lowest BCUT2D eigenvalue weighted by atomic mass is 10.0. The molecule has 2 N–H and O–H groups in total. The standard InChI is InChI=1S/C24H21N5O4S/c1-32-23(31)17-11-9-15(10-12-17)19-20(22(30)25-14-18-8-5-13-33-18)34-24-27-26-21(29(24)28-19)16-6-3-2-4-7-16/h2-13,19-20,28H,14H2,1H3,(H,25,30). The van der Waals surface area contributed by atoms with Crippen LogP contribution in [0.3, 0.4) is 0 Å². The van der Waals surface area contributed by atoms with Crippen molar-refractivity contribution in [2.24, 2.45) is 0 Å². The molecule has 3 heterocycles. The number of ether oxygens (including phenoxy) is 1. The maximum atomic E-state index is 13.2. The van der Waals surface area contributed by atoms with Crippen molar-refractivity contribution in [3.05, 3.63) is 89.9 Å². The van der Waals surface area contributed by atoms with Crippen molar-refractivity contribution in [2.45, 2.75) is 23.0 Å². The predicted molar refractivity (Wildman–Crippen MR) is 126 cm³/mol. The van der Waals surface area contributed by atoms with Crippen LogP contribution >= 0.6 is 11.8 Å². The number of nitrogens with zero attached hydrogens (tertiary/aromatic N) is 3. The minimum atomic E-state index is -0.542. The number of benzene rings is 2. The number of nitrogens with one attached hydrogen (secondary N) is 2. The molecule has 0 saturated heterocycles. The lowest BCUT2D eigenvalue weighted by molar-refractivity contribution is -0.121. The largest absolute Gasteiger partial charge is 0.467 e. The molecular formula is C24H21N5O4S. The highest BCUT2D eigenvalue weighted by Crippen LogP contribution is 2.38. The van der Waals surface area contributed by atoms with Crippen molar-refractivity contribution in [2.75, 3.05) is 12.5 Å². The lowest BCUT2D eigenvalue weighted by Gasteiger charge is -2.33. The molecule has 2 atom stereocenters. The lowest BCUT2D eigenvalue weighted by Crippen LogP contribution is -2.43. The smallest absolute Gasteiger partial charge is 0.337 e. The van der Waals surface area contributed by atoms with Crippen LogP contribution in [0.1, 0.15) is 27.7 Å². The van der Waals surface area contributed by atoms with Gasteiger partial charge in [0.15, 0.2) is 5.82 Å². The van der Waals surface area contributed by atoms with Gasteiger partial charge in [-0.15, -0.1) is 10.2 Å². The van der Waals surface area contributed by atoms with Crippen LogP contribution in [0, 0.1) is 0 Å². The Bertz CT molecular complexity index is 1290. The molecule has 2 aromatic carbocycles. The summed E-state index contributed by atoms with van der Waals surface area (Å²) in [6.07, 6.45) is 1.57. The van der Waals surface area contributed by atoms with E-state index < -0.39 is 17.3 Å². The first-order valence-corrected chi connectivity index (χ1v) is 11.4. The quantitative estimate of drug-likeness (QED) is 0.408. The van der Waals surface area contributed by atoms with E-state index in [0.717, 1.165) is 11.1 Å². The van der Waals surface area contributed by atoms with Crippen molar-refractivity contribution in [1.29, 1.82) is 0 Å². The third-order valence-electron chi connectivity index (χ3n) is 5.43. The molecule has 34 heavy (non-hydrogen) atoms. The summed E-state index contributed by atoms with van der Waals surface area (Å²) in [7, 11) is 1.34. The van der Waals surface area contributed by atoms with E-state index in [9.17, 15) is 9.59 Å². The monoisotopic (exact) mass is 475 g/mol. The Kier molecular flexibility index (Phi) is 6.05. The first-order chi connectivity index (χ1) is 16.6. The van der Waals surface area contributed by atoms with Gasteiger partial charge in [0.2, 0.25) is 11.1 Å². The van der Waals surface area contributed by atoms with Crippen LogP contribution in [-0.4, -0.2) is 39.1 Å². The number of carbonyl (C=O) groups is 2. The molecule has 1 aliphatic rings. The fourth-order valence-electron chi connectivity index (χ4n) is 3.71. The molecule has 0 radical (unpaired) electrons. The van der Waals surface area contributed by atoms with Gasteiger partial charge in [-0.25, -0.2) is 9.47 Å². The van der Waals surface area contributed by atoms with Crippen LogP contribution in [0.2, 0.25) is 0 Å². The number of rotatable bonds is 6. The SMILES string of the molecule is COC(=O)c1ccc(C2Nn3c(nnc3-c3ccccc3)SC2C(=O)NCc2ccco2)cc1. The average molecular weight is 476 g/mol. The van der Waals surface area contributed by atoms with E-state index >= 15 is 0 Å². The number of thioether (sulfide) groups is 1. The van der Waals surface area contributed by atoms with Gasteiger partial charge in [0.05, 0.1) is 31.5 Å². The summed E-state index contributed by atoms with van der Waals surface area (Å²) >= 11 is 1.33. The van der Waals surface area contributed by atoms with Crippen molar-refractivity contribution >= 4 is 23.6 Å². The summed E-state index contributed by atoms with van der Waals surface area (Å²) in [5, 5.41) is 11.6. The Morgan fingerprint density at radius 1 is 1.09 bits per heavy atom. The second-order valence-electron chi connectivity index (χ2n) is 7.56. The van der Waals surface area contributed by atoms with Gasteiger partial charge in [0.1, 0.15) is 11.0 Å². The summed E-state index contributed by atoms with van der Waals surface area (Å²) in [6.45, 7) is 0.277. The van der Waals surface area contributed by atoms with E-state index in [-0.39, 0.29) is 12.5 Å². The second-order valence-corrected chi connectivity index (χ2v) is 8.67. The zero-order chi connectivity index (χ0) is 23.5. The molecule has 0 aliphatic carbocycles. The molecule has 172 valence electrons. The average Bonchev–Trinajstić information content (AvgIpc) is 3.56. The first-order valence-electron chi connectivity index (χ1n) is 10.6. The Balaban J connectivity index is 1.47. The Labute approximate surface area is 199 Å². The topological polar surface area (TPSA) is 111 Å². The summed E-state index contributed by atoms with van der Waals surface area (Å²) in [4.78, 5) is 25.1. The van der Waals surface area contributed by atoms with Gasteiger partial charge in [-0.3, -0.25) is 4.79 Å². The van der Waals surface area contributed by atoms with Gasteiger partial charge in [0, 0.05) is 5.56 Å². The van der Waals surface area contributed by atoms with E-state index in [1.807, 2.05) is 42.5 Å². The maximum absolute atomic E-state index is 13.2. The van der Waals surface area contributed by atoms with Crippen molar-refractivity contribution in [3.8, 4) is 11.4 Å². The van der Waals surface area contributed by atoms with E-state index in [2.05, 4.69) is 20.9 Å². The Hall–Kier alpha value is -4.05. The van der Waals surface area contributed by atoms with Crippen molar-refractivity contribution in [3.63, 3.8) is 0 Å². The summed E-state index contributed by atoms with van der Waals surface area (Å²) in [5.74, 6) is 0.716. The molecule has 10 heteroatoms. The zero-order valence-corrected chi connectivity index (χ0v) is 19.0. The number of amides is 1. The molecule has 4 aromatic rings. The highest BCUT2D eigenvalue weighted by molar-refractivity contribution is 8.00. The van der Waals surface area contributed by atoms with Crippen LogP contribution in [0.15, 0.2) is 82.6 Å². The number of furan rings is 1. The molecule has 0 spiro atoms. The Morgan fingerprint density at radius 2 is 1.88 bits per heavy atom. The number of methoxy groups -OCH3 is 1. The van der Waals surface area contributed by atoms with Crippen LogP contribution in [0.25, 0.3) is 11.4 Å². The molecule has 0 bridgehead atoms. The number of aromatic nitrogens is 3. The van der Waals surface area contributed by atoms with Gasteiger partial charge < -0.3 is 19.9 Å². The van der Waals surface area contributed by atoms with Crippen LogP contribution in [0.4, 0.5) is 0 Å². The van der Waals surface area contributed by atoms with Crippen LogP contribution in [0.5, 0.6) is 0 Å². The fraction of sp³-hybridized carbons (Fsp3) is 0.167. The van der Waals surface area contributed by atoms with Crippen LogP contribution in [-0.2, 0) is 16.1 Å². The molecule has 2 unspecified atom stereocenters. The first kappa shape index (κ1) is 21.8. The number of carbonyl (C=O) groups excluding carboxylic acids is 2. The molecule has 0 fully saturated rings. The van der Waals surface area contributed by atoms with Gasteiger partial charge in [-0.1, -0.05) is 54.2 Å². The summed E-state index contributed by atoms with van der Waals surface area (Å²) in [6, 6.07) is 19.9. The molecular weight excluding hydrogens is 454 g/mol. The van der Waals surface area contributed by atoms with Gasteiger partial charge in [0.25, 0.3) is 0 Å². The number of hydrogen-bond donors (Lipinski definition) is 2. The van der Waals surface area contributed by atoms with Crippen LogP contribution < -0.4 is 10.7 Å². The van der Waals surface area contributed by atoms with Crippen molar-refractivity contribution < 1.29 is 18.7 Å². The van der Waals surface area contributed by atoms with Gasteiger partial charge in [-0.05, 0) is 29.8 Å². The number of hydrogen-bond acceptors (Lipinski definition) is 8. The molecule has 1 amide bonds. The van der Waals surface area contributed by atoms with E-state index in [0.29, 0.717) is 22.3 Å². The second kappa shape index (κ2) is 9.44.